The third kappa shape index (κ3) is 4.87. The lowest BCUT2D eigenvalue weighted by Crippen LogP contribution is -2.19. The average Bonchev–Trinajstić information content (AvgIpc) is 2.47. The first-order valence-corrected chi connectivity index (χ1v) is 7.31. The Hall–Kier alpha value is -1.87. The first kappa shape index (κ1) is 15.5. The predicted molar refractivity (Wildman–Crippen MR) is 83.7 cm³/mol. The van der Waals surface area contributed by atoms with E-state index in [4.69, 9.17) is 4.74 Å². The number of hydrogen-bond acceptors (Lipinski definition) is 2. The highest BCUT2D eigenvalue weighted by Crippen LogP contribution is 2.23. The van der Waals surface area contributed by atoms with Crippen LogP contribution in [0.5, 0.6) is 5.75 Å². The number of para-hydroxylation sites is 1. The van der Waals surface area contributed by atoms with E-state index in [1.54, 1.807) is 6.07 Å². The van der Waals surface area contributed by atoms with Gasteiger partial charge >= 0.3 is 0 Å². The predicted octanol–water partition coefficient (Wildman–Crippen LogP) is 4.15. The summed E-state index contributed by atoms with van der Waals surface area (Å²) in [5, 5.41) is 3.32. The van der Waals surface area contributed by atoms with Crippen molar-refractivity contribution in [2.75, 3.05) is 6.54 Å². The molecular weight excluding hydrogens is 265 g/mol. The second-order valence-electron chi connectivity index (χ2n) is 5.53. The van der Waals surface area contributed by atoms with Gasteiger partial charge in [0.25, 0.3) is 0 Å². The fourth-order valence-electron chi connectivity index (χ4n) is 2.08. The molecule has 2 aromatic rings. The maximum atomic E-state index is 14.0. The van der Waals surface area contributed by atoms with E-state index < -0.39 is 0 Å². The molecule has 0 fully saturated rings. The number of benzene rings is 2. The lowest BCUT2D eigenvalue weighted by atomic mass is 10.1. The molecule has 0 amide bonds. The minimum Gasteiger partial charge on any atom is -0.485 e. The van der Waals surface area contributed by atoms with Crippen LogP contribution in [0.15, 0.2) is 48.5 Å². The maximum Gasteiger partial charge on any atom is 0.165 e. The van der Waals surface area contributed by atoms with Crippen molar-refractivity contribution >= 4 is 0 Å². The summed E-state index contributed by atoms with van der Waals surface area (Å²) >= 11 is 0. The number of ether oxygens (including phenoxy) is 1. The van der Waals surface area contributed by atoms with Gasteiger partial charge in [-0.1, -0.05) is 56.3 Å². The molecule has 0 aliphatic carbocycles. The zero-order chi connectivity index (χ0) is 15.1. The van der Waals surface area contributed by atoms with Crippen molar-refractivity contribution < 1.29 is 9.13 Å². The van der Waals surface area contributed by atoms with Crippen molar-refractivity contribution in [1.82, 2.24) is 5.32 Å². The summed E-state index contributed by atoms with van der Waals surface area (Å²) in [7, 11) is 0. The molecule has 0 saturated carbocycles. The molecule has 0 spiro atoms. The van der Waals surface area contributed by atoms with Crippen LogP contribution in [0.25, 0.3) is 0 Å². The lowest BCUT2D eigenvalue weighted by Gasteiger charge is -2.14. The first-order valence-electron chi connectivity index (χ1n) is 7.31. The number of nitrogens with one attached hydrogen (secondary N) is 1. The number of halogens is 1. The van der Waals surface area contributed by atoms with Gasteiger partial charge in [-0.25, -0.2) is 4.39 Å². The van der Waals surface area contributed by atoms with Crippen LogP contribution in [0.1, 0.15) is 25.0 Å². The highest BCUT2D eigenvalue weighted by molar-refractivity contribution is 5.35. The second-order valence-corrected chi connectivity index (χ2v) is 5.53. The second kappa shape index (κ2) is 7.79. The minimum absolute atomic E-state index is 0.310. The third-order valence-corrected chi connectivity index (χ3v) is 3.14. The largest absolute Gasteiger partial charge is 0.485 e. The third-order valence-electron chi connectivity index (χ3n) is 3.14. The highest BCUT2D eigenvalue weighted by atomic mass is 19.1. The summed E-state index contributed by atoms with van der Waals surface area (Å²) in [4.78, 5) is 0. The van der Waals surface area contributed by atoms with Crippen molar-refractivity contribution in [3.8, 4) is 5.75 Å². The SMILES string of the molecule is CC(C)CNCc1cccc(F)c1OCc1ccccc1. The minimum atomic E-state index is -0.310. The van der Waals surface area contributed by atoms with Crippen LogP contribution in [0, 0.1) is 11.7 Å². The molecule has 0 atom stereocenters. The van der Waals surface area contributed by atoms with E-state index in [1.165, 1.54) is 6.07 Å². The van der Waals surface area contributed by atoms with Crippen LogP contribution in [0.2, 0.25) is 0 Å². The van der Waals surface area contributed by atoms with Crippen molar-refractivity contribution in [2.45, 2.75) is 27.0 Å². The lowest BCUT2D eigenvalue weighted by molar-refractivity contribution is 0.286. The molecule has 0 radical (unpaired) electrons. The van der Waals surface area contributed by atoms with E-state index in [0.717, 1.165) is 17.7 Å². The molecule has 3 heteroatoms. The summed E-state index contributed by atoms with van der Waals surface area (Å²) in [6.45, 7) is 6.17. The van der Waals surface area contributed by atoms with E-state index in [2.05, 4.69) is 19.2 Å². The van der Waals surface area contributed by atoms with Gasteiger partial charge in [0.2, 0.25) is 0 Å². The van der Waals surface area contributed by atoms with Gasteiger partial charge in [-0.15, -0.1) is 0 Å². The van der Waals surface area contributed by atoms with Crippen LogP contribution in [0.3, 0.4) is 0 Å². The van der Waals surface area contributed by atoms with Gasteiger partial charge in [0, 0.05) is 12.1 Å². The Labute approximate surface area is 126 Å². The van der Waals surface area contributed by atoms with Crippen LogP contribution in [-0.2, 0) is 13.2 Å². The number of hydrogen-bond donors (Lipinski definition) is 1. The van der Waals surface area contributed by atoms with Gasteiger partial charge in [0.1, 0.15) is 6.61 Å². The van der Waals surface area contributed by atoms with Gasteiger partial charge in [-0.3, -0.25) is 0 Å². The summed E-state index contributed by atoms with van der Waals surface area (Å²) in [5.74, 6) is 0.597. The molecule has 0 heterocycles. The summed E-state index contributed by atoms with van der Waals surface area (Å²) in [5.41, 5.74) is 1.88. The maximum absolute atomic E-state index is 14.0. The van der Waals surface area contributed by atoms with E-state index in [1.807, 2.05) is 36.4 Å². The first-order chi connectivity index (χ1) is 10.2. The Morgan fingerprint density at radius 3 is 2.52 bits per heavy atom. The Balaban J connectivity index is 2.03. The molecule has 0 saturated heterocycles. The van der Waals surface area contributed by atoms with E-state index in [0.29, 0.717) is 24.8 Å². The topological polar surface area (TPSA) is 21.3 Å². The molecule has 0 bridgehead atoms. The molecule has 2 nitrogen and oxygen atoms in total. The molecule has 112 valence electrons. The fraction of sp³-hybridized carbons (Fsp3) is 0.333. The quantitative estimate of drug-likeness (QED) is 0.826. The summed E-state index contributed by atoms with van der Waals surface area (Å²) in [6.07, 6.45) is 0. The molecular formula is C18H22FNO. The van der Waals surface area contributed by atoms with Gasteiger partial charge in [-0.05, 0) is 24.1 Å². The van der Waals surface area contributed by atoms with Gasteiger partial charge in [0.05, 0.1) is 0 Å². The van der Waals surface area contributed by atoms with Gasteiger partial charge in [-0.2, -0.15) is 0 Å². The summed E-state index contributed by atoms with van der Waals surface area (Å²) < 4.78 is 19.7. The molecule has 2 aromatic carbocycles. The zero-order valence-electron chi connectivity index (χ0n) is 12.6. The highest BCUT2D eigenvalue weighted by Gasteiger charge is 2.10. The smallest absolute Gasteiger partial charge is 0.165 e. The van der Waals surface area contributed by atoms with Crippen LogP contribution >= 0.6 is 0 Å². The fourth-order valence-corrected chi connectivity index (χ4v) is 2.08. The van der Waals surface area contributed by atoms with Crippen LogP contribution in [0.4, 0.5) is 4.39 Å². The van der Waals surface area contributed by atoms with Crippen LogP contribution < -0.4 is 10.1 Å². The molecule has 2 rings (SSSR count). The van der Waals surface area contributed by atoms with E-state index in [-0.39, 0.29) is 5.82 Å². The van der Waals surface area contributed by atoms with Crippen molar-refractivity contribution in [2.24, 2.45) is 5.92 Å². The van der Waals surface area contributed by atoms with Gasteiger partial charge in [0.15, 0.2) is 11.6 Å². The molecule has 21 heavy (non-hydrogen) atoms. The zero-order valence-corrected chi connectivity index (χ0v) is 12.6. The standard InChI is InChI=1S/C18H22FNO/c1-14(2)11-20-12-16-9-6-10-17(19)18(16)21-13-15-7-4-3-5-8-15/h3-10,14,20H,11-13H2,1-2H3. The molecule has 0 aromatic heterocycles. The monoisotopic (exact) mass is 287 g/mol. The molecule has 1 N–H and O–H groups in total. The average molecular weight is 287 g/mol. The molecule has 0 aliphatic heterocycles. The Kier molecular flexibility index (Phi) is 5.76. The van der Waals surface area contributed by atoms with Crippen molar-refractivity contribution in [3.05, 3.63) is 65.5 Å². The summed E-state index contributed by atoms with van der Waals surface area (Å²) in [6, 6.07) is 14.8. The van der Waals surface area contributed by atoms with E-state index in [9.17, 15) is 4.39 Å². The van der Waals surface area contributed by atoms with Crippen molar-refractivity contribution in [3.63, 3.8) is 0 Å². The van der Waals surface area contributed by atoms with Crippen molar-refractivity contribution in [1.29, 1.82) is 0 Å². The Morgan fingerprint density at radius 2 is 1.81 bits per heavy atom. The van der Waals surface area contributed by atoms with E-state index >= 15 is 0 Å². The normalized spacial score (nSPS) is 10.9. The van der Waals surface area contributed by atoms with Crippen LogP contribution in [-0.4, -0.2) is 6.54 Å². The Bertz CT molecular complexity index is 554. The molecule has 0 unspecified atom stereocenters. The van der Waals surface area contributed by atoms with Gasteiger partial charge < -0.3 is 10.1 Å². The number of rotatable bonds is 7. The molecule has 0 aliphatic rings. The Morgan fingerprint density at radius 1 is 1.05 bits per heavy atom.